The molecule has 2 aliphatic heterocycles. The fourth-order valence-corrected chi connectivity index (χ4v) is 6.16. The second kappa shape index (κ2) is 10.6. The Hall–Kier alpha value is -4.70. The van der Waals surface area contributed by atoms with Crippen LogP contribution in [0.4, 0.5) is 10.1 Å². The lowest BCUT2D eigenvalue weighted by Crippen LogP contribution is -2.34. The van der Waals surface area contributed by atoms with Gasteiger partial charge in [0.2, 0.25) is 5.43 Å². The number of carbonyl (C=O) groups excluding carboxylic acids is 1. The summed E-state index contributed by atoms with van der Waals surface area (Å²) in [4.78, 5) is 36.5. The van der Waals surface area contributed by atoms with E-state index < -0.39 is 17.2 Å². The third-order valence-electron chi connectivity index (χ3n) is 8.41. The molecule has 10 heteroatoms. The molecule has 3 N–H and O–H groups in total. The summed E-state index contributed by atoms with van der Waals surface area (Å²) in [6, 6.07) is 13.3. The number of halogens is 1. The minimum Gasteiger partial charge on any atom is -0.451 e. The number of hydrogen-bond donors (Lipinski definition) is 3. The second-order valence-electron chi connectivity index (χ2n) is 11.0. The minimum atomic E-state index is -0.630. The van der Waals surface area contributed by atoms with Gasteiger partial charge in [-0.25, -0.2) is 9.37 Å². The molecule has 2 aliphatic rings. The van der Waals surface area contributed by atoms with Crippen molar-refractivity contribution in [2.75, 3.05) is 32.0 Å². The van der Waals surface area contributed by atoms with Crippen LogP contribution in [0.2, 0.25) is 0 Å². The molecule has 0 aliphatic carbocycles. The first-order valence-corrected chi connectivity index (χ1v) is 14.3. The van der Waals surface area contributed by atoms with E-state index in [4.69, 9.17) is 4.74 Å². The Labute approximate surface area is 241 Å². The molecule has 1 atom stereocenters. The number of imidazole rings is 1. The van der Waals surface area contributed by atoms with Crippen molar-refractivity contribution < 1.29 is 13.9 Å². The molecule has 214 valence electrons. The molecular formula is C32H31FN6O3. The van der Waals surface area contributed by atoms with Crippen molar-refractivity contribution in [3.63, 3.8) is 0 Å². The van der Waals surface area contributed by atoms with E-state index in [1.807, 2.05) is 36.4 Å². The highest BCUT2D eigenvalue weighted by Crippen LogP contribution is 2.46. The molecule has 0 spiro atoms. The average Bonchev–Trinajstić information content (AvgIpc) is 3.66. The number of ether oxygens (including phenoxy) is 1. The Kier molecular flexibility index (Phi) is 6.62. The Morgan fingerprint density at radius 1 is 1.19 bits per heavy atom. The van der Waals surface area contributed by atoms with E-state index in [2.05, 4.69) is 32.5 Å². The number of aromatic nitrogens is 3. The van der Waals surface area contributed by atoms with Crippen molar-refractivity contribution in [3.8, 4) is 17.2 Å². The van der Waals surface area contributed by atoms with Crippen LogP contribution in [-0.2, 0) is 6.42 Å². The first-order valence-electron chi connectivity index (χ1n) is 14.3. The number of nitrogens with zero attached hydrogens (tertiary/aromatic N) is 3. The SMILES string of the molecule is CN1CCCC1CCNC(=O)c1cn2c3c(c(NCCc4c[nH]cn4)c(F)cc3c1=O)Oc1cc3ccccc3cc1-2. The fourth-order valence-electron chi connectivity index (χ4n) is 6.16. The van der Waals surface area contributed by atoms with Crippen molar-refractivity contribution in [1.29, 1.82) is 0 Å². The van der Waals surface area contributed by atoms with E-state index in [0.29, 0.717) is 42.5 Å². The van der Waals surface area contributed by atoms with Gasteiger partial charge in [-0.3, -0.25) is 9.59 Å². The number of fused-ring (bicyclic) bond motifs is 3. The summed E-state index contributed by atoms with van der Waals surface area (Å²) in [6.07, 6.45) is 8.56. The van der Waals surface area contributed by atoms with Crippen LogP contribution in [0.1, 0.15) is 35.3 Å². The predicted octanol–water partition coefficient (Wildman–Crippen LogP) is 4.98. The van der Waals surface area contributed by atoms with Crippen molar-refractivity contribution in [1.82, 2.24) is 24.8 Å². The van der Waals surface area contributed by atoms with E-state index in [-0.39, 0.29) is 22.4 Å². The number of benzene rings is 3. The summed E-state index contributed by atoms with van der Waals surface area (Å²) < 4.78 is 23.9. The molecule has 0 radical (unpaired) electrons. The zero-order chi connectivity index (χ0) is 28.8. The van der Waals surface area contributed by atoms with E-state index in [1.54, 1.807) is 23.3 Å². The van der Waals surface area contributed by atoms with Crippen LogP contribution >= 0.6 is 0 Å². The van der Waals surface area contributed by atoms with Gasteiger partial charge in [-0.1, -0.05) is 24.3 Å². The van der Waals surface area contributed by atoms with E-state index in [9.17, 15) is 9.59 Å². The summed E-state index contributed by atoms with van der Waals surface area (Å²) in [5.74, 6) is -0.386. The Bertz CT molecular complexity index is 1880. The number of nitrogens with one attached hydrogen (secondary N) is 3. The molecule has 1 amide bonds. The number of H-pyrrole nitrogens is 1. The van der Waals surface area contributed by atoms with Gasteiger partial charge in [-0.15, -0.1) is 0 Å². The Balaban J connectivity index is 1.31. The van der Waals surface area contributed by atoms with Gasteiger partial charge in [0.05, 0.1) is 23.1 Å². The molecular weight excluding hydrogens is 535 g/mol. The number of pyridine rings is 1. The normalized spacial score (nSPS) is 16.0. The zero-order valence-electron chi connectivity index (χ0n) is 23.2. The van der Waals surface area contributed by atoms with Crippen LogP contribution in [-0.4, -0.2) is 58.1 Å². The number of carbonyl (C=O) groups is 1. The number of rotatable bonds is 8. The second-order valence-corrected chi connectivity index (χ2v) is 11.0. The largest absolute Gasteiger partial charge is 0.451 e. The van der Waals surface area contributed by atoms with Gasteiger partial charge in [-0.2, -0.15) is 0 Å². The van der Waals surface area contributed by atoms with Crippen molar-refractivity contribution in [2.45, 2.75) is 31.7 Å². The third kappa shape index (κ3) is 4.57. The van der Waals surface area contributed by atoms with Crippen LogP contribution in [0.25, 0.3) is 27.4 Å². The smallest absolute Gasteiger partial charge is 0.256 e. The van der Waals surface area contributed by atoms with Crippen LogP contribution in [0.15, 0.2) is 66.0 Å². The van der Waals surface area contributed by atoms with Gasteiger partial charge in [0.1, 0.15) is 16.8 Å². The van der Waals surface area contributed by atoms with E-state index in [1.165, 1.54) is 6.07 Å². The monoisotopic (exact) mass is 566 g/mol. The summed E-state index contributed by atoms with van der Waals surface area (Å²) >= 11 is 0. The van der Waals surface area contributed by atoms with Crippen LogP contribution < -0.4 is 20.8 Å². The molecule has 5 aromatic rings. The van der Waals surface area contributed by atoms with Gasteiger partial charge < -0.3 is 29.8 Å². The minimum absolute atomic E-state index is 0.0344. The topological polar surface area (TPSA) is 104 Å². The molecule has 2 aromatic heterocycles. The summed E-state index contributed by atoms with van der Waals surface area (Å²) in [5.41, 5.74) is 1.50. The molecule has 4 heterocycles. The lowest BCUT2D eigenvalue weighted by molar-refractivity contribution is 0.0949. The number of likely N-dealkylation sites (tertiary alicyclic amines) is 1. The lowest BCUT2D eigenvalue weighted by Gasteiger charge is -2.26. The van der Waals surface area contributed by atoms with Gasteiger partial charge >= 0.3 is 0 Å². The first kappa shape index (κ1) is 26.2. The van der Waals surface area contributed by atoms with E-state index >= 15 is 4.39 Å². The molecule has 42 heavy (non-hydrogen) atoms. The maximum Gasteiger partial charge on any atom is 0.256 e. The maximum absolute atomic E-state index is 15.7. The lowest BCUT2D eigenvalue weighted by atomic mass is 10.0. The van der Waals surface area contributed by atoms with Crippen LogP contribution in [0.3, 0.4) is 0 Å². The van der Waals surface area contributed by atoms with Gasteiger partial charge in [0.15, 0.2) is 17.3 Å². The van der Waals surface area contributed by atoms with Crippen molar-refractivity contribution >= 4 is 33.3 Å². The molecule has 7 rings (SSSR count). The molecule has 0 saturated carbocycles. The molecule has 3 aromatic carbocycles. The van der Waals surface area contributed by atoms with Crippen LogP contribution in [0, 0.1) is 5.82 Å². The fraction of sp³-hybridized carbons (Fsp3) is 0.281. The number of hydrogen-bond acceptors (Lipinski definition) is 6. The van der Waals surface area contributed by atoms with Gasteiger partial charge in [0.25, 0.3) is 5.91 Å². The summed E-state index contributed by atoms with van der Waals surface area (Å²) in [7, 11) is 2.09. The molecule has 0 bridgehead atoms. The summed E-state index contributed by atoms with van der Waals surface area (Å²) in [6.45, 7) is 1.90. The number of amides is 1. The zero-order valence-corrected chi connectivity index (χ0v) is 23.2. The standard InChI is InChI=1S/C32H31FN6O3/c1-38-12-4-7-22(38)9-11-36-32(41)24-17-39-26-13-19-5-2-3-6-20(19)14-27(26)42-31-28(35-10-8-21-16-34-18-37-21)25(33)15-23(29(31)39)30(24)40/h2-3,5-6,13-18,22,35H,4,7-12H2,1H3,(H,34,37)(H,36,41). The summed E-state index contributed by atoms with van der Waals surface area (Å²) in [5, 5.41) is 8.10. The highest BCUT2D eigenvalue weighted by atomic mass is 19.1. The van der Waals surface area contributed by atoms with Crippen molar-refractivity contribution in [3.05, 3.63) is 88.5 Å². The van der Waals surface area contributed by atoms with Crippen molar-refractivity contribution in [2.24, 2.45) is 0 Å². The molecule has 1 fully saturated rings. The number of aromatic amines is 1. The first-order chi connectivity index (χ1) is 20.5. The average molecular weight is 567 g/mol. The predicted molar refractivity (Wildman–Crippen MR) is 160 cm³/mol. The van der Waals surface area contributed by atoms with Crippen LogP contribution in [0.5, 0.6) is 11.5 Å². The van der Waals surface area contributed by atoms with Gasteiger partial charge in [-0.05, 0) is 61.8 Å². The van der Waals surface area contributed by atoms with Gasteiger partial charge in [0, 0.05) is 37.9 Å². The molecule has 1 unspecified atom stereocenters. The maximum atomic E-state index is 15.7. The highest BCUT2D eigenvalue weighted by molar-refractivity contribution is 6.02. The third-order valence-corrected chi connectivity index (χ3v) is 8.41. The Morgan fingerprint density at radius 3 is 2.79 bits per heavy atom. The molecule has 9 nitrogen and oxygen atoms in total. The quantitative estimate of drug-likeness (QED) is 0.240. The molecule has 1 saturated heterocycles. The number of anilines is 1. The highest BCUT2D eigenvalue weighted by Gasteiger charge is 2.29. The Morgan fingerprint density at radius 2 is 2.02 bits per heavy atom. The van der Waals surface area contributed by atoms with E-state index in [0.717, 1.165) is 42.3 Å².